The number of esters is 1. The van der Waals surface area contributed by atoms with Gasteiger partial charge in [-0.25, -0.2) is 5.53 Å². The lowest BCUT2D eigenvalue weighted by Crippen LogP contribution is -2.59. The largest absolute Gasteiger partial charge is 0.459 e. The number of nitrogens with one attached hydrogen (secondary N) is 1. The van der Waals surface area contributed by atoms with Gasteiger partial charge in [0.2, 0.25) is 0 Å². The second-order valence-corrected chi connectivity index (χ2v) is 18.1. The van der Waals surface area contributed by atoms with Crippen molar-refractivity contribution in [3.05, 3.63) is 11.9 Å². The van der Waals surface area contributed by atoms with Gasteiger partial charge in [0.15, 0.2) is 12.6 Å². The van der Waals surface area contributed by atoms with Crippen molar-refractivity contribution in [1.29, 1.82) is 5.53 Å². The molecule has 3 rings (SSSR count). The number of cyclic esters (lactones) is 1. The van der Waals surface area contributed by atoms with E-state index in [1.165, 1.54) is 20.2 Å². The SMILES string of the molecule is CC[C@H]1OC(=O)[C@H](C)C(O[C@H]2C[C@@](C)(OC)[C@@H](O)[C@H](C)O2)[C@H](C)[C@@H](O[C@H]2C[C@@H](N(C)CC/C(=C/N)N=N)C[C@@H](C)O2)[C@](C)(O)C[C@@H](C)CN(C)[C@H](C)[C@@H](O)[C@]1(C)O. The zero-order valence-corrected chi connectivity index (χ0v) is 36.9. The molecule has 57 heavy (non-hydrogen) atoms. The molecule has 0 saturated carbocycles. The lowest BCUT2D eigenvalue weighted by atomic mass is 9.77. The number of methoxy groups -OCH3 is 1. The second kappa shape index (κ2) is 20.6. The summed E-state index contributed by atoms with van der Waals surface area (Å²) in [5.74, 6) is -2.45. The van der Waals surface area contributed by atoms with Gasteiger partial charge in [0.1, 0.15) is 23.9 Å². The number of nitrogens with zero attached hydrogens (tertiary/aromatic N) is 3. The smallest absolute Gasteiger partial charge is 0.311 e. The molecule has 16 heteroatoms. The van der Waals surface area contributed by atoms with E-state index in [0.717, 1.165) is 6.42 Å². The van der Waals surface area contributed by atoms with Crippen LogP contribution in [0.25, 0.3) is 0 Å². The molecule has 3 aliphatic rings. The summed E-state index contributed by atoms with van der Waals surface area (Å²) in [5, 5.41) is 50.5. The van der Waals surface area contributed by atoms with Crippen molar-refractivity contribution >= 4 is 5.97 Å². The van der Waals surface area contributed by atoms with Crippen LogP contribution in [0.4, 0.5) is 0 Å². The van der Waals surface area contributed by atoms with Gasteiger partial charge >= 0.3 is 5.97 Å². The second-order valence-electron chi connectivity index (χ2n) is 18.1. The normalized spacial score (nSPS) is 45.2. The van der Waals surface area contributed by atoms with Crippen LogP contribution in [0, 0.1) is 23.3 Å². The number of likely N-dealkylation sites (N-methyl/N-ethyl adjacent to an activating group) is 1. The van der Waals surface area contributed by atoms with Gasteiger partial charge in [-0.3, -0.25) is 4.79 Å². The van der Waals surface area contributed by atoms with Gasteiger partial charge in [0.25, 0.3) is 0 Å². The third-order valence-electron chi connectivity index (χ3n) is 13.1. The van der Waals surface area contributed by atoms with Crippen LogP contribution in [0.5, 0.6) is 0 Å². The maximum atomic E-state index is 14.3. The highest BCUT2D eigenvalue weighted by molar-refractivity contribution is 5.73. The number of rotatable bonds is 11. The molecule has 3 fully saturated rings. The van der Waals surface area contributed by atoms with E-state index >= 15 is 0 Å². The monoisotopic (exact) mass is 816 g/mol. The maximum Gasteiger partial charge on any atom is 0.311 e. The first-order chi connectivity index (χ1) is 26.5. The Morgan fingerprint density at radius 3 is 2.26 bits per heavy atom. The van der Waals surface area contributed by atoms with Crippen molar-refractivity contribution in [3.8, 4) is 0 Å². The Kier molecular flexibility index (Phi) is 17.9. The Balaban J connectivity index is 2.12. The molecule has 1 unspecified atom stereocenters. The van der Waals surface area contributed by atoms with Crippen LogP contribution in [0.2, 0.25) is 0 Å². The quantitative estimate of drug-likeness (QED) is 0.130. The molecule has 0 bridgehead atoms. The summed E-state index contributed by atoms with van der Waals surface area (Å²) in [4.78, 5) is 18.4. The average Bonchev–Trinajstić information content (AvgIpc) is 3.15. The molecule has 0 radical (unpaired) electrons. The van der Waals surface area contributed by atoms with E-state index < -0.39 is 89.9 Å². The average molecular weight is 816 g/mol. The molecule has 0 amide bonds. The Hall–Kier alpha value is -1.83. The van der Waals surface area contributed by atoms with Crippen LogP contribution in [0.15, 0.2) is 17.0 Å². The van der Waals surface area contributed by atoms with E-state index in [2.05, 4.69) is 10.0 Å². The number of nitrogens with two attached hydrogens (primary N) is 1. The zero-order valence-electron chi connectivity index (χ0n) is 36.9. The van der Waals surface area contributed by atoms with Crippen molar-refractivity contribution in [2.24, 2.45) is 28.6 Å². The Morgan fingerprint density at radius 1 is 1.04 bits per heavy atom. The summed E-state index contributed by atoms with van der Waals surface area (Å²) >= 11 is 0. The number of aliphatic hydroxyl groups excluding tert-OH is 2. The summed E-state index contributed by atoms with van der Waals surface area (Å²) in [5.41, 5.74) is 9.23. The van der Waals surface area contributed by atoms with E-state index in [1.54, 1.807) is 34.6 Å². The molecule has 0 aromatic rings. The summed E-state index contributed by atoms with van der Waals surface area (Å²) in [7, 11) is 5.38. The van der Waals surface area contributed by atoms with Crippen molar-refractivity contribution < 1.29 is 53.6 Å². The molecular weight excluding hydrogens is 738 g/mol. The van der Waals surface area contributed by atoms with Crippen molar-refractivity contribution in [1.82, 2.24) is 9.80 Å². The third kappa shape index (κ3) is 12.1. The molecular formula is C41H77N5O11. The number of aliphatic hydroxyl groups is 4. The van der Waals surface area contributed by atoms with Crippen LogP contribution in [0.3, 0.4) is 0 Å². The number of carbonyl (C=O) groups excluding carboxylic acids is 1. The molecule has 16 nitrogen and oxygen atoms in total. The van der Waals surface area contributed by atoms with Crippen molar-refractivity contribution in [3.63, 3.8) is 0 Å². The summed E-state index contributed by atoms with van der Waals surface area (Å²) < 4.78 is 38.2. The predicted octanol–water partition coefficient (Wildman–Crippen LogP) is 3.52. The van der Waals surface area contributed by atoms with E-state index in [1.807, 2.05) is 46.7 Å². The lowest BCUT2D eigenvalue weighted by molar-refractivity contribution is -0.308. The van der Waals surface area contributed by atoms with Crippen LogP contribution < -0.4 is 5.73 Å². The Bertz CT molecular complexity index is 1320. The van der Waals surface area contributed by atoms with Gasteiger partial charge < -0.3 is 64.4 Å². The van der Waals surface area contributed by atoms with Gasteiger partial charge in [0, 0.05) is 63.7 Å². The number of carbonyl (C=O) groups is 1. The molecule has 3 saturated heterocycles. The fraction of sp³-hybridized carbons (Fsp3) is 0.927. The van der Waals surface area contributed by atoms with Crippen LogP contribution in [-0.4, -0.2) is 155 Å². The number of ether oxygens (including phenoxy) is 6. The van der Waals surface area contributed by atoms with Crippen LogP contribution in [-0.2, 0) is 33.2 Å². The first kappa shape index (κ1) is 49.5. The third-order valence-corrected chi connectivity index (χ3v) is 13.1. The molecule has 17 atom stereocenters. The summed E-state index contributed by atoms with van der Waals surface area (Å²) in [6, 6.07) is -0.487. The molecule has 0 aromatic carbocycles. The highest BCUT2D eigenvalue weighted by Crippen LogP contribution is 2.40. The van der Waals surface area contributed by atoms with E-state index in [4.69, 9.17) is 39.7 Å². The highest BCUT2D eigenvalue weighted by atomic mass is 16.7. The summed E-state index contributed by atoms with van der Waals surface area (Å²) in [6.45, 7) is 19.0. The van der Waals surface area contributed by atoms with E-state index in [-0.39, 0.29) is 37.3 Å². The molecule has 0 spiro atoms. The highest BCUT2D eigenvalue weighted by Gasteiger charge is 2.52. The maximum absolute atomic E-state index is 14.3. The van der Waals surface area contributed by atoms with Crippen LogP contribution in [0.1, 0.15) is 108 Å². The van der Waals surface area contributed by atoms with Gasteiger partial charge in [-0.2, -0.15) is 5.11 Å². The first-order valence-corrected chi connectivity index (χ1v) is 20.8. The zero-order chi connectivity index (χ0) is 43.2. The molecule has 0 aromatic heterocycles. The predicted molar refractivity (Wildman–Crippen MR) is 214 cm³/mol. The minimum atomic E-state index is -1.80. The fourth-order valence-electron chi connectivity index (χ4n) is 9.27. The van der Waals surface area contributed by atoms with E-state index in [9.17, 15) is 25.2 Å². The van der Waals surface area contributed by atoms with E-state index in [0.29, 0.717) is 31.6 Å². The van der Waals surface area contributed by atoms with Gasteiger partial charge in [-0.1, -0.05) is 20.8 Å². The number of hydrogen-bond donors (Lipinski definition) is 6. The van der Waals surface area contributed by atoms with Crippen LogP contribution >= 0.6 is 0 Å². The number of hydrogen-bond acceptors (Lipinski definition) is 16. The minimum absolute atomic E-state index is 0.0431. The fourth-order valence-corrected chi connectivity index (χ4v) is 9.27. The molecule has 7 N–H and O–H groups in total. The van der Waals surface area contributed by atoms with Gasteiger partial charge in [-0.15, -0.1) is 0 Å². The Labute approximate surface area is 341 Å². The topological polar surface area (TPSA) is 222 Å². The summed E-state index contributed by atoms with van der Waals surface area (Å²) in [6.07, 6.45) is -3.97. The molecule has 3 aliphatic heterocycles. The Morgan fingerprint density at radius 2 is 1.68 bits per heavy atom. The minimum Gasteiger partial charge on any atom is -0.459 e. The van der Waals surface area contributed by atoms with Crippen molar-refractivity contribution in [2.75, 3.05) is 34.3 Å². The standard InChI is InChI=1S/C41H77N5O11/c1-14-31-41(10,51)35(47)27(6)46(12)22-23(2)19-39(8,50)37(57-32-18-30(17-24(3)53-32)45(11)16-15-29(21-42)44-43)25(4)34(26(5)38(49)55-31)56-33-20-40(9,52-13)36(48)28(7)54-33/h21,23-28,30-37,43,47-48,50-51H,14-20,22,42H2,1-13H3/b29-21-,44-43?/t23-,24-,25+,26-,27-,28+,30+,31-,32+,33+,34?,35-,36+,37-,39-,40-,41-/m1/s1. The molecule has 3 heterocycles. The lowest BCUT2D eigenvalue weighted by Gasteiger charge is -2.48. The van der Waals surface area contributed by atoms with Gasteiger partial charge in [-0.05, 0) is 87.7 Å². The van der Waals surface area contributed by atoms with Crippen molar-refractivity contribution in [2.45, 2.75) is 192 Å². The molecule has 0 aliphatic carbocycles. The first-order valence-electron chi connectivity index (χ1n) is 20.8. The molecule has 332 valence electrons. The van der Waals surface area contributed by atoms with Gasteiger partial charge in [0.05, 0.1) is 47.2 Å².